The zero-order chi connectivity index (χ0) is 18.8. The van der Waals surface area contributed by atoms with Crippen molar-refractivity contribution in [3.63, 3.8) is 0 Å². The molecule has 1 fully saturated rings. The maximum Gasteiger partial charge on any atom is 0.321 e. The predicted octanol–water partition coefficient (Wildman–Crippen LogP) is 3.99. The second-order valence-corrected chi connectivity index (χ2v) is 7.32. The molecule has 1 aliphatic heterocycles. The molecule has 8 heteroatoms. The molecular formula is C19H19Cl2N5O. The number of pyridine rings is 1. The number of rotatable bonds is 3. The number of urea groups is 1. The fourth-order valence-electron chi connectivity index (χ4n) is 3.22. The van der Waals surface area contributed by atoms with Crippen molar-refractivity contribution >= 4 is 40.6 Å². The summed E-state index contributed by atoms with van der Waals surface area (Å²) in [5.74, 6) is 0. The lowest BCUT2D eigenvalue weighted by Crippen LogP contribution is -2.49. The summed E-state index contributed by atoms with van der Waals surface area (Å²) in [4.78, 5) is 21.0. The molecule has 3 aromatic rings. The van der Waals surface area contributed by atoms with Crippen molar-refractivity contribution in [2.24, 2.45) is 0 Å². The van der Waals surface area contributed by atoms with Gasteiger partial charge in [-0.05, 0) is 30.3 Å². The first-order valence-corrected chi connectivity index (χ1v) is 9.50. The minimum absolute atomic E-state index is 0.122. The number of imidazole rings is 1. The highest BCUT2D eigenvalue weighted by atomic mass is 35.5. The molecule has 140 valence electrons. The summed E-state index contributed by atoms with van der Waals surface area (Å²) in [5.41, 5.74) is 2.74. The quantitative estimate of drug-likeness (QED) is 0.718. The van der Waals surface area contributed by atoms with E-state index in [1.807, 2.05) is 35.5 Å². The molecule has 0 aliphatic carbocycles. The maximum absolute atomic E-state index is 12.5. The van der Waals surface area contributed by atoms with E-state index in [-0.39, 0.29) is 6.03 Å². The number of amides is 2. The molecule has 1 aliphatic rings. The Balaban J connectivity index is 1.33. The molecule has 0 saturated carbocycles. The number of benzene rings is 1. The smallest absolute Gasteiger partial charge is 0.321 e. The monoisotopic (exact) mass is 403 g/mol. The Morgan fingerprint density at radius 3 is 2.67 bits per heavy atom. The second-order valence-electron chi connectivity index (χ2n) is 6.50. The van der Waals surface area contributed by atoms with E-state index in [2.05, 4.69) is 19.6 Å². The second kappa shape index (κ2) is 7.76. The van der Waals surface area contributed by atoms with Gasteiger partial charge in [-0.1, -0.05) is 29.3 Å². The van der Waals surface area contributed by atoms with E-state index in [9.17, 15) is 4.79 Å². The minimum atomic E-state index is -0.122. The van der Waals surface area contributed by atoms with Crippen LogP contribution in [0.3, 0.4) is 0 Å². The van der Waals surface area contributed by atoms with E-state index in [4.69, 9.17) is 23.2 Å². The van der Waals surface area contributed by atoms with Crippen molar-refractivity contribution in [3.05, 3.63) is 64.5 Å². The first-order chi connectivity index (χ1) is 13.1. The summed E-state index contributed by atoms with van der Waals surface area (Å²) in [7, 11) is 0. The van der Waals surface area contributed by atoms with Gasteiger partial charge in [0.25, 0.3) is 0 Å². The summed E-state index contributed by atoms with van der Waals surface area (Å²) < 4.78 is 2.10. The van der Waals surface area contributed by atoms with E-state index >= 15 is 0 Å². The Morgan fingerprint density at radius 2 is 1.89 bits per heavy atom. The third-order valence-electron chi connectivity index (χ3n) is 4.71. The van der Waals surface area contributed by atoms with Crippen LogP contribution in [0.4, 0.5) is 10.5 Å². The molecule has 1 N–H and O–H groups in total. The van der Waals surface area contributed by atoms with Gasteiger partial charge in [-0.15, -0.1) is 0 Å². The van der Waals surface area contributed by atoms with Gasteiger partial charge in [-0.2, -0.15) is 0 Å². The van der Waals surface area contributed by atoms with Gasteiger partial charge >= 0.3 is 6.03 Å². The highest BCUT2D eigenvalue weighted by Crippen LogP contribution is 2.25. The first kappa shape index (κ1) is 18.1. The Morgan fingerprint density at radius 1 is 1.07 bits per heavy atom. The fourth-order valence-corrected chi connectivity index (χ4v) is 3.51. The van der Waals surface area contributed by atoms with E-state index in [1.165, 1.54) is 0 Å². The average molecular weight is 404 g/mol. The molecule has 2 amide bonds. The number of carbonyl (C=O) groups excluding carboxylic acids is 1. The summed E-state index contributed by atoms with van der Waals surface area (Å²) in [6, 6.07) is 10.9. The van der Waals surface area contributed by atoms with Crippen molar-refractivity contribution < 1.29 is 4.79 Å². The van der Waals surface area contributed by atoms with Crippen LogP contribution < -0.4 is 5.32 Å². The molecule has 0 radical (unpaired) electrons. The summed E-state index contributed by atoms with van der Waals surface area (Å²) in [6.07, 6.45) is 3.94. The normalized spacial score (nSPS) is 15.3. The van der Waals surface area contributed by atoms with Gasteiger partial charge in [0.05, 0.1) is 21.9 Å². The molecular weight excluding hydrogens is 385 g/mol. The fraction of sp³-hybridized carbons (Fsp3) is 0.263. The van der Waals surface area contributed by atoms with Gasteiger partial charge in [0.15, 0.2) is 0 Å². The van der Waals surface area contributed by atoms with Crippen LogP contribution in [0.15, 0.2) is 48.8 Å². The van der Waals surface area contributed by atoms with Gasteiger partial charge in [0.1, 0.15) is 5.65 Å². The van der Waals surface area contributed by atoms with Gasteiger partial charge in [-0.3, -0.25) is 4.90 Å². The van der Waals surface area contributed by atoms with Crippen molar-refractivity contribution in [2.75, 3.05) is 31.5 Å². The number of nitrogens with one attached hydrogen (secondary N) is 1. The number of aromatic nitrogens is 2. The molecule has 1 saturated heterocycles. The van der Waals surface area contributed by atoms with Crippen LogP contribution in [-0.2, 0) is 6.54 Å². The number of hydrogen-bond acceptors (Lipinski definition) is 3. The van der Waals surface area contributed by atoms with Crippen LogP contribution >= 0.6 is 23.2 Å². The Kier molecular flexibility index (Phi) is 5.20. The zero-order valence-corrected chi connectivity index (χ0v) is 16.1. The number of carbonyl (C=O) groups is 1. The molecule has 2 aromatic heterocycles. The van der Waals surface area contributed by atoms with Crippen molar-refractivity contribution in [2.45, 2.75) is 6.54 Å². The van der Waals surface area contributed by atoms with Crippen LogP contribution in [0.5, 0.6) is 0 Å². The third-order valence-corrected chi connectivity index (χ3v) is 5.45. The lowest BCUT2D eigenvalue weighted by molar-refractivity contribution is 0.142. The molecule has 1 aromatic carbocycles. The number of halogens is 2. The van der Waals surface area contributed by atoms with E-state index in [1.54, 1.807) is 18.2 Å². The summed E-state index contributed by atoms with van der Waals surface area (Å²) in [5, 5.41) is 3.77. The standard InChI is InChI=1S/C19H19Cl2N5O/c20-16-5-4-14(11-17(16)21)23-19(27)25-9-7-24(8-10-25)13-15-12-22-18-3-1-2-6-26(15)18/h1-6,11-12H,7-10,13H2,(H,23,27). The highest BCUT2D eigenvalue weighted by Gasteiger charge is 2.22. The lowest BCUT2D eigenvalue weighted by Gasteiger charge is -2.34. The van der Waals surface area contributed by atoms with E-state index < -0.39 is 0 Å². The van der Waals surface area contributed by atoms with Crippen molar-refractivity contribution in [1.29, 1.82) is 0 Å². The van der Waals surface area contributed by atoms with Crippen LogP contribution in [0.1, 0.15) is 5.69 Å². The topological polar surface area (TPSA) is 52.9 Å². The van der Waals surface area contributed by atoms with E-state index in [0.29, 0.717) is 28.8 Å². The van der Waals surface area contributed by atoms with Crippen LogP contribution in [0.25, 0.3) is 5.65 Å². The van der Waals surface area contributed by atoms with Crippen molar-refractivity contribution in [3.8, 4) is 0 Å². The largest absolute Gasteiger partial charge is 0.322 e. The van der Waals surface area contributed by atoms with Crippen LogP contribution in [0.2, 0.25) is 10.0 Å². The molecule has 0 unspecified atom stereocenters. The maximum atomic E-state index is 12.5. The Bertz CT molecular complexity index is 966. The molecule has 0 atom stereocenters. The minimum Gasteiger partial charge on any atom is -0.322 e. The number of piperazine rings is 1. The average Bonchev–Trinajstić information content (AvgIpc) is 3.08. The molecule has 27 heavy (non-hydrogen) atoms. The molecule has 0 bridgehead atoms. The van der Waals surface area contributed by atoms with Gasteiger partial charge in [0.2, 0.25) is 0 Å². The molecule has 3 heterocycles. The molecule has 0 spiro atoms. The Hall–Kier alpha value is -2.28. The molecule has 6 nitrogen and oxygen atoms in total. The Labute approximate surface area is 167 Å². The SMILES string of the molecule is O=C(Nc1ccc(Cl)c(Cl)c1)N1CCN(Cc2cnc3ccccn23)CC1. The summed E-state index contributed by atoms with van der Waals surface area (Å²) >= 11 is 11.9. The van der Waals surface area contributed by atoms with E-state index in [0.717, 1.165) is 31.0 Å². The molecule has 4 rings (SSSR count). The highest BCUT2D eigenvalue weighted by molar-refractivity contribution is 6.42. The number of nitrogens with zero attached hydrogens (tertiary/aromatic N) is 4. The number of fused-ring (bicyclic) bond motifs is 1. The predicted molar refractivity (Wildman–Crippen MR) is 108 cm³/mol. The van der Waals surface area contributed by atoms with Crippen molar-refractivity contribution in [1.82, 2.24) is 19.2 Å². The third kappa shape index (κ3) is 4.03. The van der Waals surface area contributed by atoms with Crippen LogP contribution in [0, 0.1) is 0 Å². The van der Waals surface area contributed by atoms with Gasteiger partial charge < -0.3 is 14.6 Å². The number of anilines is 1. The summed E-state index contributed by atoms with van der Waals surface area (Å²) in [6.45, 7) is 3.78. The van der Waals surface area contributed by atoms with Crippen LogP contribution in [-0.4, -0.2) is 51.4 Å². The number of hydrogen-bond donors (Lipinski definition) is 1. The first-order valence-electron chi connectivity index (χ1n) is 8.74. The zero-order valence-electron chi connectivity index (χ0n) is 14.6. The van der Waals surface area contributed by atoms with Gasteiger partial charge in [0, 0.05) is 44.6 Å². The lowest BCUT2D eigenvalue weighted by atomic mass is 10.3. The van der Waals surface area contributed by atoms with Gasteiger partial charge in [-0.25, -0.2) is 9.78 Å².